The van der Waals surface area contributed by atoms with E-state index < -0.39 is 0 Å². The minimum Gasteiger partial charge on any atom is -0.378 e. The van der Waals surface area contributed by atoms with Crippen LogP contribution < -0.4 is 15.5 Å². The Hall–Kier alpha value is -1.75. The van der Waals surface area contributed by atoms with E-state index in [1.165, 1.54) is 5.69 Å². The number of benzene rings is 1. The summed E-state index contributed by atoms with van der Waals surface area (Å²) in [5.41, 5.74) is 2.32. The average Bonchev–Trinajstić information content (AvgIpc) is 2.94. The average molecular weight is 246 g/mol. The largest absolute Gasteiger partial charge is 0.378 e. The number of hydrogen-bond donors (Lipinski definition) is 2. The van der Waals surface area contributed by atoms with Gasteiger partial charge in [0.25, 0.3) is 0 Å². The lowest BCUT2D eigenvalue weighted by molar-refractivity contribution is 0.122. The highest BCUT2D eigenvalue weighted by Crippen LogP contribution is 2.19. The van der Waals surface area contributed by atoms with Crippen LogP contribution in [-0.2, 0) is 4.74 Å². The van der Waals surface area contributed by atoms with Gasteiger partial charge in [0, 0.05) is 31.0 Å². The second-order valence-corrected chi connectivity index (χ2v) is 4.43. The number of morpholine rings is 1. The van der Waals surface area contributed by atoms with Crippen molar-refractivity contribution in [3.63, 3.8) is 0 Å². The lowest BCUT2D eigenvalue weighted by Crippen LogP contribution is -2.36. The standard InChI is InChI=1S/C13H18N4O/c1-3-12(17-7-9-18-10-8-17)4-2-11(1)16-13-14-5-6-15-13/h1-4H,5-10H2,(H2,14,15,16). The molecule has 18 heavy (non-hydrogen) atoms. The number of guanidine groups is 1. The zero-order valence-corrected chi connectivity index (χ0v) is 10.4. The van der Waals surface area contributed by atoms with Crippen LogP contribution in [-0.4, -0.2) is 45.4 Å². The van der Waals surface area contributed by atoms with Crippen LogP contribution in [0.3, 0.4) is 0 Å². The smallest absolute Gasteiger partial charge is 0.195 e. The Morgan fingerprint density at radius 1 is 1.17 bits per heavy atom. The first-order chi connectivity index (χ1) is 8.92. The summed E-state index contributed by atoms with van der Waals surface area (Å²) in [5.74, 6) is 0.870. The van der Waals surface area contributed by atoms with Gasteiger partial charge in [-0.25, -0.2) is 0 Å². The summed E-state index contributed by atoms with van der Waals surface area (Å²) in [4.78, 5) is 6.66. The topological polar surface area (TPSA) is 48.9 Å². The highest BCUT2D eigenvalue weighted by atomic mass is 16.5. The van der Waals surface area contributed by atoms with Gasteiger partial charge in [0.2, 0.25) is 0 Å². The van der Waals surface area contributed by atoms with Crippen LogP contribution in [0.15, 0.2) is 29.3 Å². The lowest BCUT2D eigenvalue weighted by atomic mass is 10.2. The third-order valence-electron chi connectivity index (χ3n) is 3.18. The van der Waals surface area contributed by atoms with Gasteiger partial charge in [-0.1, -0.05) is 0 Å². The summed E-state index contributed by atoms with van der Waals surface area (Å²) in [6.07, 6.45) is 0. The van der Waals surface area contributed by atoms with Gasteiger partial charge >= 0.3 is 0 Å². The second kappa shape index (κ2) is 5.27. The predicted octanol–water partition coefficient (Wildman–Crippen LogP) is 0.894. The van der Waals surface area contributed by atoms with Crippen LogP contribution in [0, 0.1) is 0 Å². The molecule has 2 heterocycles. The molecular weight excluding hydrogens is 228 g/mol. The zero-order chi connectivity index (χ0) is 12.2. The van der Waals surface area contributed by atoms with E-state index in [1.807, 2.05) is 0 Å². The number of nitrogens with one attached hydrogen (secondary N) is 2. The number of ether oxygens (including phenoxy) is 1. The van der Waals surface area contributed by atoms with Gasteiger partial charge in [-0.05, 0) is 24.3 Å². The van der Waals surface area contributed by atoms with Crippen molar-refractivity contribution in [1.82, 2.24) is 5.32 Å². The van der Waals surface area contributed by atoms with E-state index in [-0.39, 0.29) is 0 Å². The van der Waals surface area contributed by atoms with Gasteiger partial charge < -0.3 is 20.3 Å². The van der Waals surface area contributed by atoms with Gasteiger partial charge in [-0.3, -0.25) is 4.99 Å². The van der Waals surface area contributed by atoms with E-state index in [9.17, 15) is 0 Å². The zero-order valence-electron chi connectivity index (χ0n) is 10.4. The minimum absolute atomic E-state index is 0.820. The van der Waals surface area contributed by atoms with Gasteiger partial charge in [-0.2, -0.15) is 0 Å². The molecule has 2 N–H and O–H groups in total. The first-order valence-corrected chi connectivity index (χ1v) is 6.40. The molecule has 0 unspecified atom stereocenters. The van der Waals surface area contributed by atoms with Crippen molar-refractivity contribution < 1.29 is 4.74 Å². The fraction of sp³-hybridized carbons (Fsp3) is 0.462. The maximum absolute atomic E-state index is 5.36. The quantitative estimate of drug-likeness (QED) is 0.814. The van der Waals surface area contributed by atoms with Gasteiger partial charge in [-0.15, -0.1) is 0 Å². The van der Waals surface area contributed by atoms with Crippen LogP contribution in [0.5, 0.6) is 0 Å². The van der Waals surface area contributed by atoms with Crippen molar-refractivity contribution in [2.45, 2.75) is 0 Å². The summed E-state index contributed by atoms with van der Waals surface area (Å²) < 4.78 is 5.36. The molecule has 1 fully saturated rings. The first kappa shape index (κ1) is 11.3. The molecule has 1 aromatic carbocycles. The number of rotatable bonds is 2. The fourth-order valence-electron chi connectivity index (χ4n) is 2.20. The summed E-state index contributed by atoms with van der Waals surface area (Å²) in [5, 5.41) is 6.46. The summed E-state index contributed by atoms with van der Waals surface area (Å²) in [6, 6.07) is 8.47. The Bertz CT molecular complexity index is 423. The van der Waals surface area contributed by atoms with E-state index in [0.29, 0.717) is 0 Å². The molecule has 5 nitrogen and oxygen atoms in total. The Morgan fingerprint density at radius 2 is 1.94 bits per heavy atom. The molecule has 0 atom stereocenters. The van der Waals surface area contributed by atoms with Crippen LogP contribution in [0.1, 0.15) is 0 Å². The van der Waals surface area contributed by atoms with Gasteiger partial charge in [0.1, 0.15) is 0 Å². The maximum atomic E-state index is 5.36. The molecule has 1 saturated heterocycles. The van der Waals surface area contributed by atoms with Gasteiger partial charge in [0.05, 0.1) is 19.8 Å². The SMILES string of the molecule is c1cc(N2CCOCC2)ccc1NC1=NCCN1. The molecule has 0 amide bonds. The highest BCUT2D eigenvalue weighted by molar-refractivity contribution is 5.94. The molecular formula is C13H18N4O. The number of nitrogens with zero attached hydrogens (tertiary/aromatic N) is 2. The van der Waals surface area contributed by atoms with Crippen molar-refractivity contribution in [2.75, 3.05) is 49.6 Å². The molecule has 3 rings (SSSR count). The van der Waals surface area contributed by atoms with E-state index in [4.69, 9.17) is 4.74 Å². The van der Waals surface area contributed by atoms with E-state index in [0.717, 1.165) is 51.0 Å². The van der Waals surface area contributed by atoms with Crippen LogP contribution in [0.2, 0.25) is 0 Å². The minimum atomic E-state index is 0.820. The number of aliphatic imine (C=N–C) groups is 1. The Morgan fingerprint density at radius 3 is 2.61 bits per heavy atom. The first-order valence-electron chi connectivity index (χ1n) is 6.40. The molecule has 0 radical (unpaired) electrons. The Kier molecular flexibility index (Phi) is 3.32. The van der Waals surface area contributed by atoms with Crippen molar-refractivity contribution in [3.05, 3.63) is 24.3 Å². The third kappa shape index (κ3) is 2.56. The molecule has 0 aliphatic carbocycles. The number of hydrogen-bond acceptors (Lipinski definition) is 5. The molecule has 0 aromatic heterocycles. The maximum Gasteiger partial charge on any atom is 0.195 e. The Balaban J connectivity index is 1.64. The predicted molar refractivity (Wildman–Crippen MR) is 73.4 cm³/mol. The molecule has 0 bridgehead atoms. The fourth-order valence-corrected chi connectivity index (χ4v) is 2.20. The molecule has 2 aliphatic heterocycles. The molecule has 0 saturated carbocycles. The Labute approximate surface area is 107 Å². The van der Waals surface area contributed by atoms with Crippen LogP contribution in [0.25, 0.3) is 0 Å². The van der Waals surface area contributed by atoms with Crippen LogP contribution in [0.4, 0.5) is 11.4 Å². The highest BCUT2D eigenvalue weighted by Gasteiger charge is 2.11. The normalized spacial score (nSPS) is 19.3. The van der Waals surface area contributed by atoms with Gasteiger partial charge in [0.15, 0.2) is 5.96 Å². The van der Waals surface area contributed by atoms with E-state index >= 15 is 0 Å². The van der Waals surface area contributed by atoms with Crippen molar-refractivity contribution in [2.24, 2.45) is 4.99 Å². The van der Waals surface area contributed by atoms with Crippen molar-refractivity contribution in [3.8, 4) is 0 Å². The molecule has 96 valence electrons. The number of anilines is 2. The summed E-state index contributed by atoms with van der Waals surface area (Å²) in [6.45, 7) is 5.37. The van der Waals surface area contributed by atoms with Crippen LogP contribution >= 0.6 is 0 Å². The summed E-state index contributed by atoms with van der Waals surface area (Å²) >= 11 is 0. The molecule has 2 aliphatic rings. The molecule has 5 heteroatoms. The third-order valence-corrected chi connectivity index (χ3v) is 3.18. The van der Waals surface area contributed by atoms with Crippen molar-refractivity contribution >= 4 is 17.3 Å². The molecule has 1 aromatic rings. The second-order valence-electron chi connectivity index (χ2n) is 4.43. The summed E-state index contributed by atoms with van der Waals surface area (Å²) in [7, 11) is 0. The van der Waals surface area contributed by atoms with E-state index in [2.05, 4.69) is 44.8 Å². The molecule has 0 spiro atoms. The van der Waals surface area contributed by atoms with E-state index in [1.54, 1.807) is 0 Å². The lowest BCUT2D eigenvalue weighted by Gasteiger charge is -2.28. The van der Waals surface area contributed by atoms with Crippen molar-refractivity contribution in [1.29, 1.82) is 0 Å². The monoisotopic (exact) mass is 246 g/mol.